The highest BCUT2D eigenvalue weighted by molar-refractivity contribution is 6.01. The van der Waals surface area contributed by atoms with Crippen LogP contribution >= 0.6 is 0 Å². The number of nitrogens with zero attached hydrogens (tertiary/aromatic N) is 1. The van der Waals surface area contributed by atoms with Crippen LogP contribution in [0.25, 0.3) is 11.3 Å². The minimum Gasteiger partial charge on any atom is -0.479 e. The number of rotatable bonds is 6. The number of hydrogen-bond donors (Lipinski definition) is 3. The average molecular weight is 318 g/mol. The second kappa shape index (κ2) is 6.62. The van der Waals surface area contributed by atoms with E-state index in [1.807, 2.05) is 25.1 Å². The molecule has 0 aliphatic heterocycles. The molecule has 0 radical (unpaired) electrons. The van der Waals surface area contributed by atoms with Gasteiger partial charge >= 0.3 is 5.97 Å². The standard InChI is InChI=1S/C16H18N2O5/c1-3-11-12(14(19)17-9-16(2,22)15(20)21)13(18-23-11)10-7-5-4-6-8-10/h4-8,22H,3,9H2,1-2H3,(H,17,19)(H,20,21). The SMILES string of the molecule is CCc1onc(-c2ccccc2)c1C(=O)NCC(C)(O)C(=O)O. The van der Waals surface area contributed by atoms with E-state index in [0.29, 0.717) is 23.4 Å². The number of aryl methyl sites for hydroxylation is 1. The summed E-state index contributed by atoms with van der Waals surface area (Å²) in [5, 5.41) is 24.9. The van der Waals surface area contributed by atoms with Crippen molar-refractivity contribution in [3.63, 3.8) is 0 Å². The maximum atomic E-state index is 12.4. The number of benzene rings is 1. The lowest BCUT2D eigenvalue weighted by atomic mass is 10.0. The van der Waals surface area contributed by atoms with Crippen LogP contribution in [0.5, 0.6) is 0 Å². The number of aromatic nitrogens is 1. The van der Waals surface area contributed by atoms with Crippen LogP contribution in [0.1, 0.15) is 30.0 Å². The van der Waals surface area contributed by atoms with Crippen molar-refractivity contribution in [3.8, 4) is 11.3 Å². The van der Waals surface area contributed by atoms with Crippen molar-refractivity contribution in [2.45, 2.75) is 25.9 Å². The maximum absolute atomic E-state index is 12.4. The first-order valence-electron chi connectivity index (χ1n) is 7.14. The van der Waals surface area contributed by atoms with Crippen molar-refractivity contribution < 1.29 is 24.3 Å². The lowest BCUT2D eigenvalue weighted by Gasteiger charge is -2.18. The van der Waals surface area contributed by atoms with Gasteiger partial charge in [-0.2, -0.15) is 0 Å². The molecule has 2 aromatic rings. The smallest absolute Gasteiger partial charge is 0.337 e. The van der Waals surface area contributed by atoms with Crippen LogP contribution < -0.4 is 5.32 Å². The highest BCUT2D eigenvalue weighted by Gasteiger charge is 2.32. The van der Waals surface area contributed by atoms with Crippen LogP contribution in [0.3, 0.4) is 0 Å². The zero-order chi connectivity index (χ0) is 17.0. The van der Waals surface area contributed by atoms with Crippen LogP contribution in [0.4, 0.5) is 0 Å². The minimum absolute atomic E-state index is 0.250. The molecule has 1 amide bonds. The molecule has 1 atom stereocenters. The van der Waals surface area contributed by atoms with E-state index >= 15 is 0 Å². The van der Waals surface area contributed by atoms with Crippen molar-refractivity contribution in [3.05, 3.63) is 41.7 Å². The fourth-order valence-corrected chi connectivity index (χ4v) is 2.01. The summed E-state index contributed by atoms with van der Waals surface area (Å²) in [6.45, 7) is 2.51. The normalized spacial score (nSPS) is 13.3. The van der Waals surface area contributed by atoms with E-state index in [0.717, 1.165) is 6.92 Å². The summed E-state index contributed by atoms with van der Waals surface area (Å²) in [6.07, 6.45) is 0.456. The van der Waals surface area contributed by atoms with Crippen LogP contribution in [-0.4, -0.2) is 39.4 Å². The van der Waals surface area contributed by atoms with Gasteiger partial charge < -0.3 is 20.1 Å². The molecule has 0 aliphatic carbocycles. The van der Waals surface area contributed by atoms with E-state index in [4.69, 9.17) is 9.63 Å². The van der Waals surface area contributed by atoms with Gasteiger partial charge in [0.05, 0.1) is 6.54 Å². The average Bonchev–Trinajstić information content (AvgIpc) is 2.97. The van der Waals surface area contributed by atoms with E-state index in [1.54, 1.807) is 12.1 Å². The Hall–Kier alpha value is -2.67. The van der Waals surface area contributed by atoms with E-state index in [9.17, 15) is 14.7 Å². The van der Waals surface area contributed by atoms with E-state index < -0.39 is 24.0 Å². The molecule has 1 aromatic heterocycles. The third-order valence-electron chi connectivity index (χ3n) is 3.41. The summed E-state index contributed by atoms with van der Waals surface area (Å²) in [5.41, 5.74) is -0.701. The Morgan fingerprint density at radius 2 is 1.96 bits per heavy atom. The molecule has 3 N–H and O–H groups in total. The molecule has 1 heterocycles. The molecule has 2 rings (SSSR count). The molecular weight excluding hydrogens is 300 g/mol. The fraction of sp³-hybridized carbons (Fsp3) is 0.312. The van der Waals surface area contributed by atoms with E-state index in [2.05, 4.69) is 10.5 Å². The number of carboxylic acids is 1. The summed E-state index contributed by atoms with van der Waals surface area (Å²) in [7, 11) is 0. The first-order chi connectivity index (χ1) is 10.9. The minimum atomic E-state index is -2.05. The fourth-order valence-electron chi connectivity index (χ4n) is 2.01. The lowest BCUT2D eigenvalue weighted by molar-refractivity contribution is -0.155. The summed E-state index contributed by atoms with van der Waals surface area (Å²) in [5.74, 6) is -1.55. The highest BCUT2D eigenvalue weighted by Crippen LogP contribution is 2.25. The van der Waals surface area contributed by atoms with Gasteiger partial charge in [-0.1, -0.05) is 42.4 Å². The third-order valence-corrected chi connectivity index (χ3v) is 3.41. The van der Waals surface area contributed by atoms with Crippen molar-refractivity contribution in [1.82, 2.24) is 10.5 Å². The second-order valence-electron chi connectivity index (χ2n) is 5.31. The first-order valence-corrected chi connectivity index (χ1v) is 7.14. The number of carboxylic acid groups (broad SMARTS) is 1. The molecule has 0 spiro atoms. The molecule has 7 nitrogen and oxygen atoms in total. The largest absolute Gasteiger partial charge is 0.479 e. The lowest BCUT2D eigenvalue weighted by Crippen LogP contribution is -2.46. The number of carbonyl (C=O) groups excluding carboxylic acids is 1. The summed E-state index contributed by atoms with van der Waals surface area (Å²) >= 11 is 0. The predicted octanol–water partition coefficient (Wildman–Crippen LogP) is 1.47. The van der Waals surface area contributed by atoms with Gasteiger partial charge in [0.2, 0.25) is 0 Å². The van der Waals surface area contributed by atoms with Crippen LogP contribution in [0.2, 0.25) is 0 Å². The molecule has 122 valence electrons. The molecule has 0 aliphatic rings. The van der Waals surface area contributed by atoms with E-state index in [-0.39, 0.29) is 5.56 Å². The van der Waals surface area contributed by atoms with Gasteiger partial charge in [-0.3, -0.25) is 4.79 Å². The number of amides is 1. The maximum Gasteiger partial charge on any atom is 0.337 e. The zero-order valence-corrected chi connectivity index (χ0v) is 12.9. The number of carbonyl (C=O) groups is 2. The van der Waals surface area contributed by atoms with Crippen LogP contribution in [0.15, 0.2) is 34.9 Å². The Balaban J connectivity index is 2.29. The molecule has 7 heteroatoms. The third kappa shape index (κ3) is 3.57. The number of nitrogens with one attached hydrogen (secondary N) is 1. The van der Waals surface area contributed by atoms with Crippen LogP contribution in [-0.2, 0) is 11.2 Å². The Morgan fingerprint density at radius 3 is 2.52 bits per heavy atom. The molecule has 1 aromatic carbocycles. The van der Waals surface area contributed by atoms with Gasteiger partial charge in [-0.15, -0.1) is 0 Å². The van der Waals surface area contributed by atoms with Gasteiger partial charge in [0.25, 0.3) is 5.91 Å². The topological polar surface area (TPSA) is 113 Å². The predicted molar refractivity (Wildman–Crippen MR) is 81.9 cm³/mol. The van der Waals surface area contributed by atoms with Crippen molar-refractivity contribution in [2.24, 2.45) is 0 Å². The summed E-state index contributed by atoms with van der Waals surface area (Å²) in [4.78, 5) is 23.3. The van der Waals surface area contributed by atoms with Gasteiger partial charge in [0.1, 0.15) is 17.0 Å². The summed E-state index contributed by atoms with van der Waals surface area (Å²) < 4.78 is 5.21. The number of aliphatic carboxylic acids is 1. The highest BCUT2D eigenvalue weighted by atomic mass is 16.5. The molecule has 1 unspecified atom stereocenters. The molecule has 0 saturated heterocycles. The molecule has 0 saturated carbocycles. The Bertz CT molecular complexity index is 707. The molecule has 23 heavy (non-hydrogen) atoms. The molecular formula is C16H18N2O5. The van der Waals surface area contributed by atoms with Gasteiger partial charge in [0.15, 0.2) is 5.60 Å². The molecule has 0 bridgehead atoms. The number of hydrogen-bond acceptors (Lipinski definition) is 5. The Morgan fingerprint density at radius 1 is 1.30 bits per heavy atom. The first kappa shape index (κ1) is 16.7. The zero-order valence-electron chi connectivity index (χ0n) is 12.9. The van der Waals surface area contributed by atoms with Crippen LogP contribution in [0, 0.1) is 0 Å². The second-order valence-corrected chi connectivity index (χ2v) is 5.31. The van der Waals surface area contributed by atoms with Crippen molar-refractivity contribution >= 4 is 11.9 Å². The summed E-state index contributed by atoms with van der Waals surface area (Å²) in [6, 6.07) is 9.05. The Kier molecular flexibility index (Phi) is 4.80. The van der Waals surface area contributed by atoms with Crippen molar-refractivity contribution in [1.29, 1.82) is 0 Å². The monoisotopic (exact) mass is 318 g/mol. The van der Waals surface area contributed by atoms with Gasteiger partial charge in [0, 0.05) is 12.0 Å². The van der Waals surface area contributed by atoms with Gasteiger partial charge in [-0.05, 0) is 6.92 Å². The van der Waals surface area contributed by atoms with Crippen molar-refractivity contribution in [2.75, 3.05) is 6.54 Å². The molecule has 0 fully saturated rings. The van der Waals surface area contributed by atoms with E-state index in [1.165, 1.54) is 0 Å². The quantitative estimate of drug-likeness (QED) is 0.743. The number of aliphatic hydroxyl groups is 1. The Labute approximate surface area is 132 Å². The van der Waals surface area contributed by atoms with Gasteiger partial charge in [-0.25, -0.2) is 4.79 Å².